The highest BCUT2D eigenvalue weighted by atomic mass is 32.2. The van der Waals surface area contributed by atoms with Gasteiger partial charge >= 0.3 is 0 Å². The lowest BCUT2D eigenvalue weighted by molar-refractivity contribution is -0.140. The van der Waals surface area contributed by atoms with Crippen molar-refractivity contribution in [3.05, 3.63) is 83.9 Å². The lowest BCUT2D eigenvalue weighted by Gasteiger charge is -2.34. The molecule has 2 amide bonds. The van der Waals surface area contributed by atoms with Crippen molar-refractivity contribution < 1.29 is 27.5 Å². The molecule has 1 aliphatic heterocycles. The van der Waals surface area contributed by atoms with Crippen LogP contribution >= 0.6 is 0 Å². The van der Waals surface area contributed by atoms with Gasteiger partial charge < -0.3 is 19.7 Å². The van der Waals surface area contributed by atoms with E-state index < -0.39 is 34.1 Å². The minimum Gasteiger partial charge on any atom is -0.486 e. The summed E-state index contributed by atoms with van der Waals surface area (Å²) in [5.41, 5.74) is 1.54. The largest absolute Gasteiger partial charge is 0.486 e. The minimum absolute atomic E-state index is 0.0340. The van der Waals surface area contributed by atoms with Gasteiger partial charge in [0, 0.05) is 18.2 Å². The van der Waals surface area contributed by atoms with Gasteiger partial charge in [-0.2, -0.15) is 0 Å². The summed E-state index contributed by atoms with van der Waals surface area (Å²) in [5.74, 6) is 0.0247. The van der Waals surface area contributed by atoms with E-state index in [0.717, 1.165) is 15.4 Å². The monoisotopic (exact) mass is 579 g/mol. The Bertz CT molecular complexity index is 1500. The predicted molar refractivity (Wildman–Crippen MR) is 157 cm³/mol. The van der Waals surface area contributed by atoms with E-state index in [0.29, 0.717) is 24.7 Å². The number of carbonyl (C=O) groups is 2. The maximum absolute atomic E-state index is 14.1. The van der Waals surface area contributed by atoms with Crippen molar-refractivity contribution in [1.29, 1.82) is 0 Å². The second kappa shape index (κ2) is 12.2. The van der Waals surface area contributed by atoms with Crippen LogP contribution in [0.2, 0.25) is 0 Å². The van der Waals surface area contributed by atoms with Crippen molar-refractivity contribution in [2.75, 3.05) is 24.1 Å². The van der Waals surface area contributed by atoms with Crippen molar-refractivity contribution in [1.82, 2.24) is 10.2 Å². The van der Waals surface area contributed by atoms with Crippen LogP contribution in [0.25, 0.3) is 0 Å². The first-order valence-corrected chi connectivity index (χ1v) is 14.9. The Kier molecular flexibility index (Phi) is 8.92. The Morgan fingerprint density at radius 1 is 0.927 bits per heavy atom. The fourth-order valence-electron chi connectivity index (χ4n) is 4.46. The first kappa shape index (κ1) is 29.9. The molecule has 218 valence electrons. The van der Waals surface area contributed by atoms with Crippen molar-refractivity contribution in [2.24, 2.45) is 0 Å². The Hall–Kier alpha value is -4.05. The molecule has 0 saturated heterocycles. The van der Waals surface area contributed by atoms with Crippen LogP contribution in [0.4, 0.5) is 5.69 Å². The molecule has 0 spiro atoms. The SMILES string of the molecule is Cc1ccccc1CN(C(=O)CN(c1ccc2c(c1)OCCO2)S(=O)(=O)c1ccccc1)[C@@H](C)C(=O)NC(C)(C)C. The maximum Gasteiger partial charge on any atom is 0.264 e. The summed E-state index contributed by atoms with van der Waals surface area (Å²) in [5, 5.41) is 2.93. The molecule has 0 aromatic heterocycles. The van der Waals surface area contributed by atoms with E-state index >= 15 is 0 Å². The third-order valence-corrected chi connectivity index (χ3v) is 8.48. The van der Waals surface area contributed by atoms with Crippen molar-refractivity contribution in [2.45, 2.75) is 57.6 Å². The highest BCUT2D eigenvalue weighted by Gasteiger charge is 2.34. The molecular weight excluding hydrogens is 542 g/mol. The van der Waals surface area contributed by atoms with Gasteiger partial charge in [-0.1, -0.05) is 42.5 Å². The Morgan fingerprint density at radius 2 is 1.56 bits per heavy atom. The Morgan fingerprint density at radius 3 is 2.22 bits per heavy atom. The number of amides is 2. The van der Waals surface area contributed by atoms with Crippen LogP contribution in [0.5, 0.6) is 11.5 Å². The number of aryl methyl sites for hydroxylation is 1. The van der Waals surface area contributed by atoms with Crippen LogP contribution in [-0.2, 0) is 26.2 Å². The van der Waals surface area contributed by atoms with Crippen LogP contribution in [0.1, 0.15) is 38.8 Å². The van der Waals surface area contributed by atoms with Crippen LogP contribution in [0, 0.1) is 6.92 Å². The molecule has 10 heteroatoms. The van der Waals surface area contributed by atoms with E-state index in [1.165, 1.54) is 17.0 Å². The summed E-state index contributed by atoms with van der Waals surface area (Å²) in [6, 6.07) is 19.4. The van der Waals surface area contributed by atoms with Gasteiger partial charge in [0.05, 0.1) is 10.6 Å². The molecule has 9 nitrogen and oxygen atoms in total. The molecule has 1 N–H and O–H groups in total. The highest BCUT2D eigenvalue weighted by Crippen LogP contribution is 2.36. The second-order valence-corrected chi connectivity index (χ2v) is 12.9. The van der Waals surface area contributed by atoms with Gasteiger partial charge in [0.2, 0.25) is 11.8 Å². The number of anilines is 1. The minimum atomic E-state index is -4.18. The van der Waals surface area contributed by atoms with Crippen molar-refractivity contribution >= 4 is 27.5 Å². The van der Waals surface area contributed by atoms with Crippen molar-refractivity contribution in [3.8, 4) is 11.5 Å². The number of fused-ring (bicyclic) bond motifs is 1. The van der Waals surface area contributed by atoms with Gasteiger partial charge in [0.1, 0.15) is 25.8 Å². The first-order chi connectivity index (χ1) is 19.4. The third-order valence-electron chi connectivity index (χ3n) is 6.69. The quantitative estimate of drug-likeness (QED) is 0.406. The summed E-state index contributed by atoms with van der Waals surface area (Å²) in [6.45, 7) is 9.48. The second-order valence-electron chi connectivity index (χ2n) is 11.0. The molecular formula is C31H37N3O6S. The smallest absolute Gasteiger partial charge is 0.264 e. The molecule has 0 bridgehead atoms. The van der Waals surface area contributed by atoms with Crippen LogP contribution in [-0.4, -0.2) is 56.5 Å². The third kappa shape index (κ3) is 7.18. The van der Waals surface area contributed by atoms with Gasteiger partial charge in [-0.15, -0.1) is 0 Å². The van der Waals surface area contributed by atoms with Gasteiger partial charge in [-0.3, -0.25) is 13.9 Å². The highest BCUT2D eigenvalue weighted by molar-refractivity contribution is 7.92. The predicted octanol–water partition coefficient (Wildman–Crippen LogP) is 4.29. The average Bonchev–Trinajstić information content (AvgIpc) is 2.94. The molecule has 0 fully saturated rings. The summed E-state index contributed by atoms with van der Waals surface area (Å²) in [7, 11) is -4.18. The van der Waals surface area contributed by atoms with Gasteiger partial charge in [0.15, 0.2) is 11.5 Å². The first-order valence-electron chi connectivity index (χ1n) is 13.5. The zero-order valence-electron chi connectivity index (χ0n) is 24.1. The molecule has 1 aliphatic rings. The normalized spacial score (nSPS) is 13.7. The standard InChI is InChI=1S/C31H37N3O6S/c1-22-11-9-10-12-24(22)20-33(23(2)30(36)32-31(3,4)5)29(35)21-34(41(37,38)26-13-7-6-8-14-26)25-15-16-27-28(19-25)40-18-17-39-27/h6-16,19,23H,17-18,20-21H2,1-5H3,(H,32,36)/t23-/m0/s1. The maximum atomic E-state index is 14.1. The zero-order chi connectivity index (χ0) is 29.8. The fraction of sp³-hybridized carbons (Fsp3) is 0.355. The fourth-order valence-corrected chi connectivity index (χ4v) is 5.89. The van der Waals surface area contributed by atoms with E-state index in [4.69, 9.17) is 9.47 Å². The van der Waals surface area contributed by atoms with Crippen LogP contribution in [0.3, 0.4) is 0 Å². The molecule has 41 heavy (non-hydrogen) atoms. The number of carbonyl (C=O) groups excluding carboxylic acids is 2. The number of benzene rings is 3. The molecule has 0 unspecified atom stereocenters. The van der Waals surface area contributed by atoms with Gasteiger partial charge in [-0.05, 0) is 70.0 Å². The number of hydrogen-bond acceptors (Lipinski definition) is 6. The average molecular weight is 580 g/mol. The number of rotatable bonds is 9. The van der Waals surface area contributed by atoms with E-state index in [1.807, 2.05) is 52.0 Å². The number of nitrogens with one attached hydrogen (secondary N) is 1. The van der Waals surface area contributed by atoms with Crippen LogP contribution < -0.4 is 19.1 Å². The molecule has 0 radical (unpaired) electrons. The molecule has 0 aliphatic carbocycles. The van der Waals surface area contributed by atoms with E-state index in [2.05, 4.69) is 5.32 Å². The summed E-state index contributed by atoms with van der Waals surface area (Å²) in [6.07, 6.45) is 0. The number of ether oxygens (including phenoxy) is 2. The van der Waals surface area contributed by atoms with E-state index in [1.54, 1.807) is 43.3 Å². The molecule has 1 heterocycles. The van der Waals surface area contributed by atoms with E-state index in [9.17, 15) is 18.0 Å². The molecule has 0 saturated carbocycles. The molecule has 1 atom stereocenters. The lowest BCUT2D eigenvalue weighted by Crippen LogP contribution is -2.54. The van der Waals surface area contributed by atoms with E-state index in [-0.39, 0.29) is 23.0 Å². The number of hydrogen-bond donors (Lipinski definition) is 1. The summed E-state index contributed by atoms with van der Waals surface area (Å²) in [4.78, 5) is 28.8. The molecule has 3 aromatic carbocycles. The Balaban J connectivity index is 1.74. The van der Waals surface area contributed by atoms with Gasteiger partial charge in [-0.25, -0.2) is 8.42 Å². The van der Waals surface area contributed by atoms with Crippen molar-refractivity contribution in [3.63, 3.8) is 0 Å². The van der Waals surface area contributed by atoms with Crippen LogP contribution in [0.15, 0.2) is 77.7 Å². The Labute approximate surface area is 242 Å². The topological polar surface area (TPSA) is 105 Å². The number of sulfonamides is 1. The summed E-state index contributed by atoms with van der Waals surface area (Å²) < 4.78 is 40.3. The van der Waals surface area contributed by atoms with Gasteiger partial charge in [0.25, 0.3) is 10.0 Å². The lowest BCUT2D eigenvalue weighted by atomic mass is 10.1. The molecule has 3 aromatic rings. The molecule has 4 rings (SSSR count). The number of nitrogens with zero attached hydrogens (tertiary/aromatic N) is 2. The summed E-state index contributed by atoms with van der Waals surface area (Å²) >= 11 is 0. The zero-order valence-corrected chi connectivity index (χ0v) is 24.9.